The lowest BCUT2D eigenvalue weighted by Crippen LogP contribution is -2.34. The molecule has 0 spiro atoms. The predicted octanol–water partition coefficient (Wildman–Crippen LogP) is 1.50. The van der Waals surface area contributed by atoms with Crippen LogP contribution in [0.2, 0.25) is 0 Å². The fourth-order valence-corrected chi connectivity index (χ4v) is 1.98. The van der Waals surface area contributed by atoms with Gasteiger partial charge in [-0.15, -0.1) is 0 Å². The molecule has 1 fully saturated rings. The first-order chi connectivity index (χ1) is 7.06. The summed E-state index contributed by atoms with van der Waals surface area (Å²) in [6.45, 7) is 4.50. The molecule has 1 saturated heterocycles. The van der Waals surface area contributed by atoms with E-state index in [9.17, 15) is 9.59 Å². The van der Waals surface area contributed by atoms with Gasteiger partial charge in [0.1, 0.15) is 0 Å². The van der Waals surface area contributed by atoms with Gasteiger partial charge >= 0.3 is 5.97 Å². The molecular formula is C11H19NO3. The molecule has 4 nitrogen and oxygen atoms in total. The van der Waals surface area contributed by atoms with Crippen molar-refractivity contribution in [1.29, 1.82) is 0 Å². The third-order valence-electron chi connectivity index (χ3n) is 3.02. The molecule has 1 aliphatic heterocycles. The van der Waals surface area contributed by atoms with Gasteiger partial charge in [0, 0.05) is 19.0 Å². The van der Waals surface area contributed by atoms with Crippen molar-refractivity contribution in [2.24, 2.45) is 5.92 Å². The summed E-state index contributed by atoms with van der Waals surface area (Å²) in [7, 11) is 0. The fraction of sp³-hybridized carbons (Fsp3) is 0.818. The van der Waals surface area contributed by atoms with E-state index < -0.39 is 11.9 Å². The molecular weight excluding hydrogens is 194 g/mol. The SMILES string of the molecule is CCCCC(C)N1CC(C(=O)O)CC1=O. The molecule has 1 heterocycles. The molecule has 1 N–H and O–H groups in total. The third kappa shape index (κ3) is 2.94. The zero-order valence-electron chi connectivity index (χ0n) is 9.40. The van der Waals surface area contributed by atoms with Gasteiger partial charge in [0.15, 0.2) is 0 Å². The number of carbonyl (C=O) groups is 2. The molecule has 1 rings (SSSR count). The molecule has 1 aliphatic rings. The Bertz CT molecular complexity index is 252. The van der Waals surface area contributed by atoms with E-state index in [0.29, 0.717) is 6.54 Å². The first-order valence-corrected chi connectivity index (χ1v) is 5.58. The summed E-state index contributed by atoms with van der Waals surface area (Å²) in [5, 5.41) is 8.83. The van der Waals surface area contributed by atoms with E-state index in [4.69, 9.17) is 5.11 Å². The largest absolute Gasteiger partial charge is 0.481 e. The Kier molecular flexibility index (Phi) is 4.12. The number of likely N-dealkylation sites (tertiary alicyclic amines) is 1. The molecule has 0 aromatic rings. The van der Waals surface area contributed by atoms with Crippen molar-refractivity contribution in [2.75, 3.05) is 6.54 Å². The number of carboxylic acids is 1. The maximum Gasteiger partial charge on any atom is 0.308 e. The Morgan fingerprint density at radius 1 is 1.67 bits per heavy atom. The smallest absolute Gasteiger partial charge is 0.308 e. The highest BCUT2D eigenvalue weighted by Gasteiger charge is 2.36. The number of aliphatic carboxylic acids is 1. The van der Waals surface area contributed by atoms with Gasteiger partial charge in [-0.1, -0.05) is 19.8 Å². The summed E-state index contributed by atoms with van der Waals surface area (Å²) in [6.07, 6.45) is 3.33. The highest BCUT2D eigenvalue weighted by atomic mass is 16.4. The molecule has 0 aliphatic carbocycles. The van der Waals surface area contributed by atoms with Gasteiger partial charge in [0.05, 0.1) is 5.92 Å². The minimum Gasteiger partial charge on any atom is -0.481 e. The van der Waals surface area contributed by atoms with Gasteiger partial charge in [-0.05, 0) is 13.3 Å². The van der Waals surface area contributed by atoms with E-state index in [1.165, 1.54) is 0 Å². The molecule has 0 aromatic carbocycles. The maximum absolute atomic E-state index is 11.6. The number of carbonyl (C=O) groups excluding carboxylic acids is 1. The molecule has 2 atom stereocenters. The van der Waals surface area contributed by atoms with Crippen LogP contribution in [0.3, 0.4) is 0 Å². The topological polar surface area (TPSA) is 57.6 Å². The van der Waals surface area contributed by atoms with Crippen LogP contribution in [0.5, 0.6) is 0 Å². The highest BCUT2D eigenvalue weighted by molar-refractivity contribution is 5.86. The summed E-state index contributed by atoms with van der Waals surface area (Å²) >= 11 is 0. The fourth-order valence-electron chi connectivity index (χ4n) is 1.98. The van der Waals surface area contributed by atoms with Gasteiger partial charge in [0.25, 0.3) is 0 Å². The van der Waals surface area contributed by atoms with Crippen LogP contribution in [0.4, 0.5) is 0 Å². The number of amides is 1. The van der Waals surface area contributed by atoms with Crippen LogP contribution in [-0.4, -0.2) is 34.5 Å². The van der Waals surface area contributed by atoms with E-state index in [1.807, 2.05) is 6.92 Å². The predicted molar refractivity (Wildman–Crippen MR) is 56.4 cm³/mol. The molecule has 1 amide bonds. The lowest BCUT2D eigenvalue weighted by molar-refractivity contribution is -0.141. The molecule has 0 saturated carbocycles. The molecule has 86 valence electrons. The number of nitrogens with zero attached hydrogens (tertiary/aromatic N) is 1. The van der Waals surface area contributed by atoms with Gasteiger partial charge in [-0.2, -0.15) is 0 Å². The van der Waals surface area contributed by atoms with Crippen molar-refractivity contribution >= 4 is 11.9 Å². The van der Waals surface area contributed by atoms with Crippen LogP contribution in [0.15, 0.2) is 0 Å². The number of hydrogen-bond acceptors (Lipinski definition) is 2. The summed E-state index contributed by atoms with van der Waals surface area (Å²) in [5.41, 5.74) is 0. The quantitative estimate of drug-likeness (QED) is 0.753. The Morgan fingerprint density at radius 2 is 2.33 bits per heavy atom. The van der Waals surface area contributed by atoms with Crippen molar-refractivity contribution in [3.05, 3.63) is 0 Å². The maximum atomic E-state index is 11.6. The summed E-state index contributed by atoms with van der Waals surface area (Å²) in [6, 6.07) is 0.182. The monoisotopic (exact) mass is 213 g/mol. The number of hydrogen-bond donors (Lipinski definition) is 1. The van der Waals surface area contributed by atoms with E-state index >= 15 is 0 Å². The van der Waals surface area contributed by atoms with Crippen molar-refractivity contribution in [2.45, 2.75) is 45.6 Å². The van der Waals surface area contributed by atoms with Crippen molar-refractivity contribution in [3.8, 4) is 0 Å². The van der Waals surface area contributed by atoms with Crippen molar-refractivity contribution < 1.29 is 14.7 Å². The summed E-state index contributed by atoms with van der Waals surface area (Å²) in [5.74, 6) is -1.36. The Morgan fingerprint density at radius 3 is 2.80 bits per heavy atom. The normalized spacial score (nSPS) is 23.2. The van der Waals surface area contributed by atoms with Crippen LogP contribution >= 0.6 is 0 Å². The van der Waals surface area contributed by atoms with Crippen LogP contribution < -0.4 is 0 Å². The van der Waals surface area contributed by atoms with Crippen LogP contribution in [0, 0.1) is 5.92 Å². The molecule has 0 radical (unpaired) electrons. The van der Waals surface area contributed by atoms with Gasteiger partial charge in [-0.25, -0.2) is 0 Å². The highest BCUT2D eigenvalue weighted by Crippen LogP contribution is 2.22. The van der Waals surface area contributed by atoms with Gasteiger partial charge in [0.2, 0.25) is 5.91 Å². The van der Waals surface area contributed by atoms with E-state index in [2.05, 4.69) is 6.92 Å². The minimum absolute atomic E-state index is 0.00833. The van der Waals surface area contributed by atoms with Gasteiger partial charge < -0.3 is 10.0 Å². The van der Waals surface area contributed by atoms with Crippen LogP contribution in [-0.2, 0) is 9.59 Å². The lowest BCUT2D eigenvalue weighted by Gasteiger charge is -2.24. The molecule has 4 heteroatoms. The van der Waals surface area contributed by atoms with Crippen LogP contribution in [0.1, 0.15) is 39.5 Å². The van der Waals surface area contributed by atoms with Gasteiger partial charge in [-0.3, -0.25) is 9.59 Å². The standard InChI is InChI=1S/C11H19NO3/c1-3-4-5-8(2)12-7-9(11(14)15)6-10(12)13/h8-9H,3-7H2,1-2H3,(H,14,15). The molecule has 2 unspecified atom stereocenters. The van der Waals surface area contributed by atoms with E-state index in [1.54, 1.807) is 4.90 Å². The average molecular weight is 213 g/mol. The lowest BCUT2D eigenvalue weighted by atomic mass is 10.1. The average Bonchev–Trinajstić information content (AvgIpc) is 2.57. The van der Waals surface area contributed by atoms with Crippen molar-refractivity contribution in [3.63, 3.8) is 0 Å². The van der Waals surface area contributed by atoms with Crippen molar-refractivity contribution in [1.82, 2.24) is 4.90 Å². The Balaban J connectivity index is 2.49. The first-order valence-electron chi connectivity index (χ1n) is 5.58. The second-order valence-electron chi connectivity index (χ2n) is 4.28. The van der Waals surface area contributed by atoms with Crippen LogP contribution in [0.25, 0.3) is 0 Å². The number of unbranched alkanes of at least 4 members (excludes halogenated alkanes) is 1. The molecule has 15 heavy (non-hydrogen) atoms. The summed E-state index contributed by atoms with van der Waals surface area (Å²) < 4.78 is 0. The second-order valence-corrected chi connectivity index (χ2v) is 4.28. The molecule has 0 bridgehead atoms. The third-order valence-corrected chi connectivity index (χ3v) is 3.02. The summed E-state index contributed by atoms with van der Waals surface area (Å²) in [4.78, 5) is 24.0. The van der Waals surface area contributed by atoms with E-state index in [0.717, 1.165) is 19.3 Å². The molecule has 0 aromatic heterocycles. The number of rotatable bonds is 5. The second kappa shape index (κ2) is 5.14. The first kappa shape index (κ1) is 12.0. The Labute approximate surface area is 90.3 Å². The Hall–Kier alpha value is -1.06. The number of carboxylic acid groups (broad SMARTS) is 1. The zero-order chi connectivity index (χ0) is 11.4. The zero-order valence-corrected chi connectivity index (χ0v) is 9.40. The van der Waals surface area contributed by atoms with E-state index in [-0.39, 0.29) is 18.4 Å². The minimum atomic E-state index is -0.853.